The Hall–Kier alpha value is -3.46. The first-order chi connectivity index (χ1) is 13.9. The van der Waals surface area contributed by atoms with Crippen molar-refractivity contribution < 1.29 is 29.3 Å². The first kappa shape index (κ1) is 21.8. The Morgan fingerprint density at radius 2 is 1.48 bits per heavy atom. The predicted molar refractivity (Wildman–Crippen MR) is 104 cm³/mol. The molecule has 1 aliphatic rings. The Morgan fingerprint density at radius 1 is 0.931 bits per heavy atom. The Labute approximate surface area is 168 Å². The van der Waals surface area contributed by atoms with E-state index in [1.165, 1.54) is 5.56 Å². The van der Waals surface area contributed by atoms with Crippen molar-refractivity contribution in [1.82, 2.24) is 14.8 Å². The molecule has 0 unspecified atom stereocenters. The van der Waals surface area contributed by atoms with Gasteiger partial charge in [0, 0.05) is 50.7 Å². The SMILES string of the molecule is COc1ccc(C(=O)N2CCN(Cc3ccncc3)CC2)cc1.O=C(O)C(=O)O. The van der Waals surface area contributed by atoms with Gasteiger partial charge in [0.25, 0.3) is 5.91 Å². The van der Waals surface area contributed by atoms with Crippen LogP contribution in [-0.4, -0.2) is 76.1 Å². The van der Waals surface area contributed by atoms with Crippen molar-refractivity contribution >= 4 is 17.8 Å². The third-order valence-corrected chi connectivity index (χ3v) is 4.33. The smallest absolute Gasteiger partial charge is 0.414 e. The highest BCUT2D eigenvalue weighted by atomic mass is 16.5. The summed E-state index contributed by atoms with van der Waals surface area (Å²) < 4.78 is 5.13. The molecule has 9 heteroatoms. The number of carbonyl (C=O) groups is 3. The molecule has 0 radical (unpaired) electrons. The summed E-state index contributed by atoms with van der Waals surface area (Å²) in [5.41, 5.74) is 1.98. The third kappa shape index (κ3) is 6.89. The van der Waals surface area contributed by atoms with Crippen molar-refractivity contribution in [2.45, 2.75) is 6.54 Å². The van der Waals surface area contributed by atoms with Crippen molar-refractivity contribution in [3.63, 3.8) is 0 Å². The van der Waals surface area contributed by atoms with Crippen LogP contribution in [0.1, 0.15) is 15.9 Å². The lowest BCUT2D eigenvalue weighted by molar-refractivity contribution is -0.159. The number of nitrogens with zero attached hydrogens (tertiary/aromatic N) is 3. The summed E-state index contributed by atoms with van der Waals surface area (Å²) in [7, 11) is 1.62. The Morgan fingerprint density at radius 3 is 1.97 bits per heavy atom. The number of hydrogen-bond donors (Lipinski definition) is 2. The molecule has 1 fully saturated rings. The normalized spacial score (nSPS) is 13.8. The standard InChI is InChI=1S/C18H21N3O2.C2H2O4/c1-23-17-4-2-16(3-5-17)18(22)21-12-10-20(11-13-21)14-15-6-8-19-9-7-15;3-1(4)2(5)6/h2-9H,10-14H2,1H3;(H,3,4)(H,5,6). The molecule has 1 aliphatic heterocycles. The molecule has 154 valence electrons. The summed E-state index contributed by atoms with van der Waals surface area (Å²) in [4.78, 5) is 39.1. The van der Waals surface area contributed by atoms with Gasteiger partial charge in [-0.2, -0.15) is 0 Å². The van der Waals surface area contributed by atoms with Crippen molar-refractivity contribution in [3.8, 4) is 5.75 Å². The highest BCUT2D eigenvalue weighted by Gasteiger charge is 2.22. The molecule has 9 nitrogen and oxygen atoms in total. The number of benzene rings is 1. The van der Waals surface area contributed by atoms with E-state index in [0.29, 0.717) is 5.56 Å². The van der Waals surface area contributed by atoms with Gasteiger partial charge in [-0.3, -0.25) is 14.7 Å². The van der Waals surface area contributed by atoms with Crippen LogP contribution in [-0.2, 0) is 16.1 Å². The zero-order valence-corrected chi connectivity index (χ0v) is 16.0. The molecule has 0 spiro atoms. The largest absolute Gasteiger partial charge is 0.497 e. The van der Waals surface area contributed by atoms with Gasteiger partial charge in [0.2, 0.25) is 0 Å². The predicted octanol–water partition coefficient (Wildman–Crippen LogP) is 1.20. The number of carboxylic acids is 2. The highest BCUT2D eigenvalue weighted by molar-refractivity contribution is 6.27. The monoisotopic (exact) mass is 401 g/mol. The topological polar surface area (TPSA) is 120 Å². The van der Waals surface area contributed by atoms with Crippen LogP contribution in [0, 0.1) is 0 Å². The van der Waals surface area contributed by atoms with E-state index in [0.717, 1.165) is 38.5 Å². The number of amides is 1. The number of piperazine rings is 1. The van der Waals surface area contributed by atoms with Gasteiger partial charge in [-0.25, -0.2) is 9.59 Å². The molecule has 0 bridgehead atoms. The molecule has 2 aromatic rings. The van der Waals surface area contributed by atoms with E-state index in [1.807, 2.05) is 53.7 Å². The van der Waals surface area contributed by atoms with E-state index in [2.05, 4.69) is 9.88 Å². The number of rotatable bonds is 4. The molecule has 0 saturated carbocycles. The van der Waals surface area contributed by atoms with Crippen molar-refractivity contribution in [2.24, 2.45) is 0 Å². The van der Waals surface area contributed by atoms with Crippen molar-refractivity contribution in [3.05, 3.63) is 59.9 Å². The minimum atomic E-state index is -1.82. The summed E-state index contributed by atoms with van der Waals surface area (Å²) in [6, 6.07) is 11.4. The van der Waals surface area contributed by atoms with Gasteiger partial charge >= 0.3 is 11.9 Å². The summed E-state index contributed by atoms with van der Waals surface area (Å²) in [6.45, 7) is 4.22. The number of methoxy groups -OCH3 is 1. The maximum absolute atomic E-state index is 12.5. The maximum Gasteiger partial charge on any atom is 0.414 e. The molecule has 2 heterocycles. The Balaban J connectivity index is 0.000000438. The van der Waals surface area contributed by atoms with Gasteiger partial charge in [0.15, 0.2) is 0 Å². The fourth-order valence-corrected chi connectivity index (χ4v) is 2.77. The van der Waals surface area contributed by atoms with E-state index in [-0.39, 0.29) is 5.91 Å². The van der Waals surface area contributed by atoms with Crippen LogP contribution >= 0.6 is 0 Å². The quantitative estimate of drug-likeness (QED) is 0.734. The molecule has 2 N–H and O–H groups in total. The van der Waals surface area contributed by atoms with Crippen molar-refractivity contribution in [2.75, 3.05) is 33.3 Å². The molecule has 3 rings (SSSR count). The van der Waals surface area contributed by atoms with Gasteiger partial charge in [-0.15, -0.1) is 0 Å². The molecule has 0 atom stereocenters. The zero-order valence-electron chi connectivity index (χ0n) is 16.0. The second-order valence-electron chi connectivity index (χ2n) is 6.26. The molecular weight excluding hydrogens is 378 g/mol. The summed E-state index contributed by atoms with van der Waals surface area (Å²) in [5.74, 6) is -2.79. The summed E-state index contributed by atoms with van der Waals surface area (Å²) in [6.07, 6.45) is 3.64. The van der Waals surface area contributed by atoms with Gasteiger partial charge in [-0.05, 0) is 42.0 Å². The van der Waals surface area contributed by atoms with E-state index in [9.17, 15) is 4.79 Å². The molecule has 1 aromatic heterocycles. The van der Waals surface area contributed by atoms with Crippen LogP contribution in [0.5, 0.6) is 5.75 Å². The van der Waals surface area contributed by atoms with Crippen LogP contribution in [0.2, 0.25) is 0 Å². The summed E-state index contributed by atoms with van der Waals surface area (Å²) >= 11 is 0. The number of carbonyl (C=O) groups excluding carboxylic acids is 1. The van der Waals surface area contributed by atoms with Gasteiger partial charge in [0.05, 0.1) is 7.11 Å². The number of aromatic nitrogens is 1. The molecule has 1 saturated heterocycles. The van der Waals surface area contributed by atoms with Crippen LogP contribution in [0.3, 0.4) is 0 Å². The fourth-order valence-electron chi connectivity index (χ4n) is 2.77. The summed E-state index contributed by atoms with van der Waals surface area (Å²) in [5, 5.41) is 14.8. The second-order valence-corrected chi connectivity index (χ2v) is 6.26. The molecule has 0 aliphatic carbocycles. The lowest BCUT2D eigenvalue weighted by Gasteiger charge is -2.34. The zero-order chi connectivity index (χ0) is 21.2. The van der Waals surface area contributed by atoms with Crippen LogP contribution in [0.4, 0.5) is 0 Å². The third-order valence-electron chi connectivity index (χ3n) is 4.33. The van der Waals surface area contributed by atoms with Gasteiger partial charge in [-0.1, -0.05) is 0 Å². The van der Waals surface area contributed by atoms with E-state index in [4.69, 9.17) is 24.5 Å². The molecule has 1 amide bonds. The van der Waals surface area contributed by atoms with Gasteiger partial charge in [0.1, 0.15) is 5.75 Å². The lowest BCUT2D eigenvalue weighted by atomic mass is 10.1. The fraction of sp³-hybridized carbons (Fsp3) is 0.300. The number of carboxylic acid groups (broad SMARTS) is 2. The van der Waals surface area contributed by atoms with Gasteiger partial charge < -0.3 is 19.8 Å². The van der Waals surface area contributed by atoms with E-state index < -0.39 is 11.9 Å². The van der Waals surface area contributed by atoms with Crippen LogP contribution < -0.4 is 4.74 Å². The average molecular weight is 401 g/mol. The maximum atomic E-state index is 12.5. The average Bonchev–Trinajstić information content (AvgIpc) is 2.75. The Kier molecular flexibility index (Phi) is 8.11. The second kappa shape index (κ2) is 10.8. The Bertz CT molecular complexity index is 806. The van der Waals surface area contributed by atoms with Crippen LogP contribution in [0.15, 0.2) is 48.8 Å². The van der Waals surface area contributed by atoms with E-state index >= 15 is 0 Å². The lowest BCUT2D eigenvalue weighted by Crippen LogP contribution is -2.48. The molecule has 1 aromatic carbocycles. The number of hydrogen-bond acceptors (Lipinski definition) is 6. The minimum absolute atomic E-state index is 0.0937. The highest BCUT2D eigenvalue weighted by Crippen LogP contribution is 2.15. The van der Waals surface area contributed by atoms with E-state index in [1.54, 1.807) is 7.11 Å². The minimum Gasteiger partial charge on any atom is -0.497 e. The van der Waals surface area contributed by atoms with Crippen LogP contribution in [0.25, 0.3) is 0 Å². The number of aliphatic carboxylic acids is 2. The molecule has 29 heavy (non-hydrogen) atoms. The van der Waals surface area contributed by atoms with Crippen molar-refractivity contribution in [1.29, 1.82) is 0 Å². The first-order valence-corrected chi connectivity index (χ1v) is 8.91. The number of pyridine rings is 1. The molecular formula is C20H23N3O6. The number of ether oxygens (including phenoxy) is 1. The first-order valence-electron chi connectivity index (χ1n) is 8.91.